The average Bonchev–Trinajstić information content (AvgIpc) is 2.73. The first-order chi connectivity index (χ1) is 10.1. The molecule has 21 heavy (non-hydrogen) atoms. The van der Waals surface area contributed by atoms with Crippen LogP contribution in [0.15, 0.2) is 36.4 Å². The van der Waals surface area contributed by atoms with Crippen LogP contribution in [0.3, 0.4) is 0 Å². The largest absolute Gasteiger partial charge is 0.490 e. The molecule has 1 N–H and O–H groups in total. The molecule has 3 rings (SSSR count). The number of rotatable bonds is 2. The van der Waals surface area contributed by atoms with E-state index >= 15 is 0 Å². The second-order valence-corrected chi connectivity index (χ2v) is 5.23. The standard InChI is InChI=1S/C16H14ClFO3/c17-13-4-3-11(18)9-12(13)16(19)10-2-5-14-15(8-10)21-7-1-6-20-14/h2-5,8-9,16,19H,1,6-7H2. The van der Waals surface area contributed by atoms with Crippen LogP contribution in [-0.2, 0) is 0 Å². The maximum Gasteiger partial charge on any atom is 0.161 e. The van der Waals surface area contributed by atoms with Gasteiger partial charge in [-0.15, -0.1) is 0 Å². The number of hydrogen-bond donors (Lipinski definition) is 1. The Labute approximate surface area is 126 Å². The van der Waals surface area contributed by atoms with E-state index in [2.05, 4.69) is 0 Å². The zero-order valence-corrected chi connectivity index (χ0v) is 11.9. The van der Waals surface area contributed by atoms with E-state index in [1.807, 2.05) is 0 Å². The first kappa shape index (κ1) is 14.2. The van der Waals surface area contributed by atoms with Crippen molar-refractivity contribution in [2.24, 2.45) is 0 Å². The summed E-state index contributed by atoms with van der Waals surface area (Å²) in [7, 11) is 0. The van der Waals surface area contributed by atoms with Crippen molar-refractivity contribution in [3.05, 3.63) is 58.4 Å². The molecule has 0 radical (unpaired) electrons. The summed E-state index contributed by atoms with van der Waals surface area (Å²) >= 11 is 6.03. The van der Waals surface area contributed by atoms with Crippen molar-refractivity contribution >= 4 is 11.6 Å². The van der Waals surface area contributed by atoms with Crippen LogP contribution >= 0.6 is 11.6 Å². The second-order valence-electron chi connectivity index (χ2n) is 4.83. The molecule has 2 aromatic carbocycles. The van der Waals surface area contributed by atoms with Crippen LogP contribution in [0.2, 0.25) is 5.02 Å². The highest BCUT2D eigenvalue weighted by Gasteiger charge is 2.18. The molecular weight excluding hydrogens is 295 g/mol. The van der Waals surface area contributed by atoms with Crippen LogP contribution in [-0.4, -0.2) is 18.3 Å². The maximum atomic E-state index is 13.3. The topological polar surface area (TPSA) is 38.7 Å². The summed E-state index contributed by atoms with van der Waals surface area (Å²) in [6.07, 6.45) is -0.215. The lowest BCUT2D eigenvalue weighted by atomic mass is 10.0. The van der Waals surface area contributed by atoms with Crippen LogP contribution in [0.5, 0.6) is 11.5 Å². The van der Waals surface area contributed by atoms with Crippen LogP contribution in [0, 0.1) is 5.82 Å². The molecule has 0 aliphatic carbocycles. The van der Waals surface area contributed by atoms with Gasteiger partial charge in [-0.1, -0.05) is 17.7 Å². The highest BCUT2D eigenvalue weighted by atomic mass is 35.5. The van der Waals surface area contributed by atoms with Crippen molar-refractivity contribution in [3.63, 3.8) is 0 Å². The normalized spacial score (nSPS) is 15.4. The Morgan fingerprint density at radius 2 is 1.81 bits per heavy atom. The van der Waals surface area contributed by atoms with E-state index in [1.54, 1.807) is 18.2 Å². The molecule has 0 amide bonds. The number of fused-ring (bicyclic) bond motifs is 1. The molecule has 1 unspecified atom stereocenters. The lowest BCUT2D eigenvalue weighted by molar-refractivity contribution is 0.219. The Balaban J connectivity index is 1.96. The SMILES string of the molecule is OC(c1ccc2c(c1)OCCCO2)c1cc(F)ccc1Cl. The number of benzene rings is 2. The monoisotopic (exact) mass is 308 g/mol. The molecule has 0 fully saturated rings. The molecule has 0 spiro atoms. The summed E-state index contributed by atoms with van der Waals surface area (Å²) in [5.74, 6) is 0.785. The summed E-state index contributed by atoms with van der Waals surface area (Å²) < 4.78 is 24.5. The van der Waals surface area contributed by atoms with Crippen LogP contribution in [0.4, 0.5) is 4.39 Å². The van der Waals surface area contributed by atoms with Gasteiger partial charge in [0.1, 0.15) is 11.9 Å². The molecule has 0 saturated heterocycles. The Morgan fingerprint density at radius 1 is 1.05 bits per heavy atom. The second kappa shape index (κ2) is 5.92. The minimum absolute atomic E-state index is 0.316. The summed E-state index contributed by atoms with van der Waals surface area (Å²) in [5, 5.41) is 10.7. The van der Waals surface area contributed by atoms with Crippen molar-refractivity contribution in [1.29, 1.82) is 0 Å². The van der Waals surface area contributed by atoms with Crippen molar-refractivity contribution in [3.8, 4) is 11.5 Å². The van der Waals surface area contributed by atoms with Gasteiger partial charge in [-0.2, -0.15) is 0 Å². The van der Waals surface area contributed by atoms with Gasteiger partial charge in [0.25, 0.3) is 0 Å². The molecule has 1 heterocycles. The summed E-state index contributed by atoms with van der Waals surface area (Å²) in [6, 6.07) is 9.08. The highest BCUT2D eigenvalue weighted by molar-refractivity contribution is 6.31. The van der Waals surface area contributed by atoms with Crippen molar-refractivity contribution in [2.45, 2.75) is 12.5 Å². The van der Waals surface area contributed by atoms with Gasteiger partial charge in [0.05, 0.1) is 13.2 Å². The fourth-order valence-corrected chi connectivity index (χ4v) is 2.47. The van der Waals surface area contributed by atoms with Crippen LogP contribution in [0.25, 0.3) is 0 Å². The number of halogens is 2. The molecule has 0 bridgehead atoms. The number of ether oxygens (including phenoxy) is 2. The third-order valence-electron chi connectivity index (χ3n) is 3.34. The third kappa shape index (κ3) is 2.96. The quantitative estimate of drug-likeness (QED) is 0.919. The molecule has 3 nitrogen and oxygen atoms in total. The third-order valence-corrected chi connectivity index (χ3v) is 3.68. The van der Waals surface area contributed by atoms with Crippen LogP contribution < -0.4 is 9.47 Å². The smallest absolute Gasteiger partial charge is 0.161 e. The average molecular weight is 309 g/mol. The first-order valence-corrected chi connectivity index (χ1v) is 7.05. The zero-order chi connectivity index (χ0) is 14.8. The van der Waals surface area contributed by atoms with E-state index in [1.165, 1.54) is 18.2 Å². The Bertz CT molecular complexity index is 660. The fraction of sp³-hybridized carbons (Fsp3) is 0.250. The molecule has 110 valence electrons. The Hall–Kier alpha value is -1.78. The summed E-state index contributed by atoms with van der Waals surface area (Å²) in [4.78, 5) is 0. The summed E-state index contributed by atoms with van der Waals surface area (Å²) in [6.45, 7) is 1.16. The molecule has 0 saturated carbocycles. The van der Waals surface area contributed by atoms with E-state index in [-0.39, 0.29) is 0 Å². The maximum absolute atomic E-state index is 13.3. The van der Waals surface area contributed by atoms with Gasteiger partial charge in [0, 0.05) is 17.0 Å². The minimum Gasteiger partial charge on any atom is -0.490 e. The molecule has 5 heteroatoms. The lowest BCUT2D eigenvalue weighted by Gasteiger charge is -2.15. The molecule has 1 aliphatic heterocycles. The fourth-order valence-electron chi connectivity index (χ4n) is 2.25. The van der Waals surface area contributed by atoms with Gasteiger partial charge in [-0.05, 0) is 35.9 Å². The van der Waals surface area contributed by atoms with E-state index in [4.69, 9.17) is 21.1 Å². The first-order valence-electron chi connectivity index (χ1n) is 6.68. The van der Waals surface area contributed by atoms with Crippen molar-refractivity contribution in [1.82, 2.24) is 0 Å². The number of hydrogen-bond acceptors (Lipinski definition) is 3. The predicted octanol–water partition coefficient (Wildman–Crippen LogP) is 3.72. The van der Waals surface area contributed by atoms with E-state index in [0.717, 1.165) is 6.42 Å². The zero-order valence-electron chi connectivity index (χ0n) is 11.2. The Morgan fingerprint density at radius 3 is 2.62 bits per heavy atom. The molecular formula is C16H14ClFO3. The minimum atomic E-state index is -1.02. The van der Waals surface area contributed by atoms with Gasteiger partial charge in [0.15, 0.2) is 11.5 Å². The van der Waals surface area contributed by atoms with Gasteiger partial charge in [0.2, 0.25) is 0 Å². The van der Waals surface area contributed by atoms with Crippen LogP contribution in [0.1, 0.15) is 23.7 Å². The number of aliphatic hydroxyl groups excluding tert-OH is 1. The van der Waals surface area contributed by atoms with Gasteiger partial charge >= 0.3 is 0 Å². The van der Waals surface area contributed by atoms with Gasteiger partial charge in [-0.3, -0.25) is 0 Å². The lowest BCUT2D eigenvalue weighted by Crippen LogP contribution is -2.02. The van der Waals surface area contributed by atoms with Gasteiger partial charge in [-0.25, -0.2) is 4.39 Å². The molecule has 1 atom stereocenters. The molecule has 2 aromatic rings. The van der Waals surface area contributed by atoms with Crippen molar-refractivity contribution < 1.29 is 19.0 Å². The van der Waals surface area contributed by atoms with Gasteiger partial charge < -0.3 is 14.6 Å². The molecule has 0 aromatic heterocycles. The van der Waals surface area contributed by atoms with Crippen molar-refractivity contribution in [2.75, 3.05) is 13.2 Å². The summed E-state index contributed by atoms with van der Waals surface area (Å²) in [5.41, 5.74) is 0.901. The molecule has 1 aliphatic rings. The van der Waals surface area contributed by atoms with E-state index < -0.39 is 11.9 Å². The van der Waals surface area contributed by atoms with E-state index in [9.17, 15) is 9.50 Å². The Kier molecular flexibility index (Phi) is 3.99. The number of aliphatic hydroxyl groups is 1. The highest BCUT2D eigenvalue weighted by Crippen LogP contribution is 2.35. The van der Waals surface area contributed by atoms with E-state index in [0.29, 0.717) is 40.9 Å². The predicted molar refractivity (Wildman–Crippen MR) is 77.5 cm³/mol.